The zero-order valence-electron chi connectivity index (χ0n) is 5.83. The Balaban J connectivity index is 2.24. The number of hydrogen-bond acceptors (Lipinski definition) is 4. The van der Waals surface area contributed by atoms with Crippen molar-refractivity contribution < 1.29 is 9.53 Å². The van der Waals surface area contributed by atoms with E-state index in [0.717, 1.165) is 0 Å². The van der Waals surface area contributed by atoms with E-state index in [9.17, 15) is 4.79 Å². The first kappa shape index (κ1) is 6.92. The highest BCUT2D eigenvalue weighted by Gasteiger charge is 2.07. The fraction of sp³-hybridized carbons (Fsp3) is 0.500. The van der Waals surface area contributed by atoms with Crippen LogP contribution in [0.3, 0.4) is 0 Å². The molecular formula is C6H10N2O2. The average Bonchev–Trinajstić information content (AvgIpc) is 2.40. The Bertz CT molecular complexity index is 156. The van der Waals surface area contributed by atoms with E-state index in [-0.39, 0.29) is 5.97 Å². The molecule has 4 nitrogen and oxygen atoms in total. The maximum Gasteiger partial charge on any atom is 0.325 e. The summed E-state index contributed by atoms with van der Waals surface area (Å²) in [6.07, 6.45) is 3.61. The van der Waals surface area contributed by atoms with Gasteiger partial charge in [-0.3, -0.25) is 4.79 Å². The second-order valence-corrected chi connectivity index (χ2v) is 2.00. The Morgan fingerprint density at radius 1 is 1.90 bits per heavy atom. The van der Waals surface area contributed by atoms with Crippen molar-refractivity contribution in [3.05, 3.63) is 12.4 Å². The van der Waals surface area contributed by atoms with Gasteiger partial charge in [0.25, 0.3) is 0 Å². The van der Waals surface area contributed by atoms with Crippen molar-refractivity contribution >= 4 is 5.97 Å². The molecule has 0 saturated heterocycles. The molecule has 1 heterocycles. The van der Waals surface area contributed by atoms with Crippen LogP contribution < -0.4 is 5.32 Å². The van der Waals surface area contributed by atoms with Crippen LogP contribution in [0.5, 0.6) is 0 Å². The van der Waals surface area contributed by atoms with Crippen molar-refractivity contribution in [3.8, 4) is 0 Å². The van der Waals surface area contributed by atoms with Crippen molar-refractivity contribution in [1.82, 2.24) is 10.2 Å². The fourth-order valence-electron chi connectivity index (χ4n) is 0.720. The van der Waals surface area contributed by atoms with Gasteiger partial charge >= 0.3 is 5.97 Å². The minimum atomic E-state index is -0.214. The van der Waals surface area contributed by atoms with Crippen LogP contribution in [0, 0.1) is 0 Å². The van der Waals surface area contributed by atoms with Crippen LogP contribution in [-0.2, 0) is 9.53 Å². The van der Waals surface area contributed by atoms with E-state index in [1.165, 1.54) is 7.11 Å². The molecule has 56 valence electrons. The molecule has 1 aliphatic heterocycles. The third-order valence-electron chi connectivity index (χ3n) is 1.26. The quantitative estimate of drug-likeness (QED) is 0.527. The van der Waals surface area contributed by atoms with Gasteiger partial charge in [-0.05, 0) is 0 Å². The fourth-order valence-corrected chi connectivity index (χ4v) is 0.720. The first-order valence-electron chi connectivity index (χ1n) is 3.04. The van der Waals surface area contributed by atoms with E-state index in [4.69, 9.17) is 0 Å². The van der Waals surface area contributed by atoms with Crippen molar-refractivity contribution in [2.75, 3.05) is 20.3 Å². The number of nitrogens with zero attached hydrogens (tertiary/aromatic N) is 1. The van der Waals surface area contributed by atoms with Gasteiger partial charge in [0.15, 0.2) is 0 Å². The number of nitrogens with one attached hydrogen (secondary N) is 1. The molecule has 0 unspecified atom stereocenters. The van der Waals surface area contributed by atoms with Gasteiger partial charge in [0.1, 0.15) is 6.54 Å². The van der Waals surface area contributed by atoms with Gasteiger partial charge in [-0.2, -0.15) is 0 Å². The number of methoxy groups -OCH3 is 1. The maximum atomic E-state index is 10.6. The topological polar surface area (TPSA) is 41.6 Å². The molecule has 1 aliphatic rings. The van der Waals surface area contributed by atoms with Crippen LogP contribution in [-0.4, -0.2) is 31.2 Å². The van der Waals surface area contributed by atoms with E-state index >= 15 is 0 Å². The maximum absolute atomic E-state index is 10.6. The Labute approximate surface area is 59.5 Å². The van der Waals surface area contributed by atoms with Crippen molar-refractivity contribution in [3.63, 3.8) is 0 Å². The Morgan fingerprint density at radius 2 is 2.70 bits per heavy atom. The standard InChI is InChI=1S/C6H10N2O2/c1-10-6(9)4-8-3-2-7-5-8/h2-3,7H,4-5H2,1H3. The summed E-state index contributed by atoms with van der Waals surface area (Å²) in [6, 6.07) is 0. The number of carbonyl (C=O) groups excluding carboxylic acids is 1. The lowest BCUT2D eigenvalue weighted by Crippen LogP contribution is -2.27. The second-order valence-electron chi connectivity index (χ2n) is 2.00. The van der Waals surface area contributed by atoms with Gasteiger partial charge in [-0.1, -0.05) is 0 Å². The van der Waals surface area contributed by atoms with E-state index in [2.05, 4.69) is 10.1 Å². The molecule has 4 heteroatoms. The number of ether oxygens (including phenoxy) is 1. The van der Waals surface area contributed by atoms with Gasteiger partial charge in [0, 0.05) is 12.4 Å². The molecule has 10 heavy (non-hydrogen) atoms. The van der Waals surface area contributed by atoms with Crippen LogP contribution in [0.4, 0.5) is 0 Å². The highest BCUT2D eigenvalue weighted by molar-refractivity contribution is 5.71. The highest BCUT2D eigenvalue weighted by atomic mass is 16.5. The lowest BCUT2D eigenvalue weighted by atomic mass is 10.6. The molecule has 0 aromatic heterocycles. The first-order valence-corrected chi connectivity index (χ1v) is 3.04. The average molecular weight is 142 g/mol. The van der Waals surface area contributed by atoms with Gasteiger partial charge in [0.05, 0.1) is 13.8 Å². The molecule has 0 saturated carbocycles. The number of hydrogen-bond donors (Lipinski definition) is 1. The Hall–Kier alpha value is -1.19. The minimum absolute atomic E-state index is 0.214. The summed E-state index contributed by atoms with van der Waals surface area (Å²) in [4.78, 5) is 12.5. The monoisotopic (exact) mass is 142 g/mol. The first-order chi connectivity index (χ1) is 4.83. The van der Waals surface area contributed by atoms with E-state index in [1.807, 2.05) is 11.1 Å². The molecule has 0 aliphatic carbocycles. The SMILES string of the molecule is COC(=O)CN1C=CNC1. The lowest BCUT2D eigenvalue weighted by Gasteiger charge is -2.11. The van der Waals surface area contributed by atoms with Crippen LogP contribution in [0.1, 0.15) is 0 Å². The molecule has 0 amide bonds. The molecule has 0 spiro atoms. The zero-order chi connectivity index (χ0) is 7.40. The van der Waals surface area contributed by atoms with Crippen LogP contribution in [0.15, 0.2) is 12.4 Å². The summed E-state index contributed by atoms with van der Waals surface area (Å²) in [6.45, 7) is 1.01. The number of rotatable bonds is 2. The van der Waals surface area contributed by atoms with Crippen molar-refractivity contribution in [1.29, 1.82) is 0 Å². The van der Waals surface area contributed by atoms with Gasteiger partial charge in [0.2, 0.25) is 0 Å². The van der Waals surface area contributed by atoms with Crippen LogP contribution in [0.25, 0.3) is 0 Å². The summed E-state index contributed by atoms with van der Waals surface area (Å²) in [7, 11) is 1.38. The van der Waals surface area contributed by atoms with Crippen LogP contribution in [0.2, 0.25) is 0 Å². The number of carbonyl (C=O) groups is 1. The third-order valence-corrected chi connectivity index (χ3v) is 1.26. The predicted molar refractivity (Wildman–Crippen MR) is 35.9 cm³/mol. The van der Waals surface area contributed by atoms with Gasteiger partial charge < -0.3 is 15.0 Å². The summed E-state index contributed by atoms with van der Waals surface area (Å²) < 4.78 is 4.47. The van der Waals surface area contributed by atoms with E-state index in [0.29, 0.717) is 13.2 Å². The summed E-state index contributed by atoms with van der Waals surface area (Å²) in [5.74, 6) is -0.214. The van der Waals surface area contributed by atoms with E-state index < -0.39 is 0 Å². The molecule has 0 atom stereocenters. The highest BCUT2D eigenvalue weighted by Crippen LogP contribution is 1.93. The second kappa shape index (κ2) is 3.10. The molecule has 1 rings (SSSR count). The van der Waals surface area contributed by atoms with E-state index in [1.54, 1.807) is 6.20 Å². The minimum Gasteiger partial charge on any atom is -0.468 e. The smallest absolute Gasteiger partial charge is 0.325 e. The Morgan fingerprint density at radius 3 is 3.20 bits per heavy atom. The summed E-state index contributed by atoms with van der Waals surface area (Å²) >= 11 is 0. The molecule has 0 aromatic carbocycles. The lowest BCUT2D eigenvalue weighted by molar-refractivity contribution is -0.141. The summed E-state index contributed by atoms with van der Waals surface area (Å²) in [5, 5.41) is 2.94. The van der Waals surface area contributed by atoms with Crippen LogP contribution >= 0.6 is 0 Å². The molecule has 0 radical (unpaired) electrons. The predicted octanol–water partition coefficient (Wildman–Crippen LogP) is -0.507. The molecular weight excluding hydrogens is 132 g/mol. The largest absolute Gasteiger partial charge is 0.468 e. The van der Waals surface area contributed by atoms with Crippen molar-refractivity contribution in [2.45, 2.75) is 0 Å². The number of esters is 1. The zero-order valence-corrected chi connectivity index (χ0v) is 5.83. The normalized spacial score (nSPS) is 15.1. The molecule has 1 N–H and O–H groups in total. The van der Waals surface area contributed by atoms with Crippen molar-refractivity contribution in [2.24, 2.45) is 0 Å². The summed E-state index contributed by atoms with van der Waals surface area (Å²) in [5.41, 5.74) is 0. The Kier molecular flexibility index (Phi) is 2.15. The molecule has 0 bridgehead atoms. The van der Waals surface area contributed by atoms with Gasteiger partial charge in [-0.25, -0.2) is 0 Å². The van der Waals surface area contributed by atoms with Gasteiger partial charge in [-0.15, -0.1) is 0 Å². The third kappa shape index (κ3) is 1.65. The molecule has 0 aromatic rings. The molecule has 0 fully saturated rings.